The number of aliphatic carboxylic acids is 6. The number of nitrogens with zero attached hydrogens (tertiary/aromatic N) is 3. The minimum absolute atomic E-state index is 0. The first-order valence-corrected chi connectivity index (χ1v) is 9.43. The average molecular weight is 634 g/mol. The van der Waals surface area contributed by atoms with Gasteiger partial charge >= 0.3 is 69.7 Å². The van der Waals surface area contributed by atoms with E-state index in [1.807, 2.05) is 0 Å². The summed E-state index contributed by atoms with van der Waals surface area (Å²) in [6, 6.07) is -1.59. The maximum atomic E-state index is 11.6. The monoisotopic (exact) mass is 634 g/mol. The molecule has 0 bridgehead atoms. The van der Waals surface area contributed by atoms with Crippen LogP contribution in [0.2, 0.25) is 0 Å². The number of carboxylic acid groups (broad SMARTS) is 6. The molecule has 0 fully saturated rings. The van der Waals surface area contributed by atoms with Gasteiger partial charge in [-0.2, -0.15) is 0 Å². The van der Waals surface area contributed by atoms with Crippen LogP contribution in [0.4, 0.5) is 0 Å². The standard InChI is InChI=1S/C16H25N3O12.3CO.Tc/c20-11(21)5-10(16(30)31)19(3-1-17(6-12(22)23)7-13(24)25)4-2-18(8-14(26)27)9-15(28)29;3*1-2;/h10H,1-9H2,(H,20,21)(H,22,23)(H,24,25)(H,26,27)(H,28,29)(H,30,31);;;;/i;;;;1+1. The van der Waals surface area contributed by atoms with Crippen molar-refractivity contribution in [2.45, 2.75) is 12.5 Å². The second-order valence-corrected chi connectivity index (χ2v) is 6.48. The molecule has 6 N–H and O–H groups in total. The fraction of sp³-hybridized carbons (Fsp3) is 0.526. The van der Waals surface area contributed by atoms with Crippen LogP contribution in [0.25, 0.3) is 0 Å². The second-order valence-electron chi connectivity index (χ2n) is 6.48. The molecule has 19 heteroatoms. The molecule has 0 aromatic rings. The molecule has 1 radical (unpaired) electrons. The molecule has 0 amide bonds. The molecular formula is C19H25N3O15Tc. The summed E-state index contributed by atoms with van der Waals surface area (Å²) < 4.78 is 22.5. The summed E-state index contributed by atoms with van der Waals surface area (Å²) in [5, 5.41) is 53.9. The summed E-state index contributed by atoms with van der Waals surface area (Å²) in [6.07, 6.45) is -0.842. The van der Waals surface area contributed by atoms with E-state index in [0.29, 0.717) is 0 Å². The summed E-state index contributed by atoms with van der Waals surface area (Å²) in [5.74, 6) is -8.29. The van der Waals surface area contributed by atoms with Gasteiger partial charge in [0.1, 0.15) is 6.04 Å². The normalized spacial score (nSPS) is 10.0. The van der Waals surface area contributed by atoms with Crippen LogP contribution in [-0.4, -0.2) is 140 Å². The van der Waals surface area contributed by atoms with Crippen molar-refractivity contribution in [2.75, 3.05) is 52.4 Å². The van der Waals surface area contributed by atoms with Crippen LogP contribution in [0.3, 0.4) is 0 Å². The Morgan fingerprint density at radius 3 is 0.974 bits per heavy atom. The van der Waals surface area contributed by atoms with Crippen molar-refractivity contribution in [3.63, 3.8) is 0 Å². The zero-order valence-electron chi connectivity index (χ0n) is 19.5. The van der Waals surface area contributed by atoms with Gasteiger partial charge in [0, 0.05) is 46.3 Å². The Hall–Kier alpha value is -3.43. The van der Waals surface area contributed by atoms with Gasteiger partial charge < -0.3 is 30.6 Å². The van der Waals surface area contributed by atoms with Crippen molar-refractivity contribution in [1.82, 2.24) is 14.7 Å². The Bertz CT molecular complexity index is 729. The van der Waals surface area contributed by atoms with Crippen LogP contribution in [0.5, 0.6) is 0 Å². The number of hydrogen-bond donors (Lipinski definition) is 6. The molecule has 0 saturated heterocycles. The van der Waals surface area contributed by atoms with Crippen LogP contribution in [-0.2, 0) is 62.8 Å². The molecule has 0 aliphatic heterocycles. The van der Waals surface area contributed by atoms with Crippen LogP contribution < -0.4 is 0 Å². The Labute approximate surface area is 228 Å². The quantitative estimate of drug-likeness (QED) is 0.0649. The third kappa shape index (κ3) is 27.2. The summed E-state index contributed by atoms with van der Waals surface area (Å²) >= 11 is 0. The molecular weight excluding hydrogens is 609 g/mol. The number of carboxylic acids is 6. The molecule has 1 atom stereocenters. The summed E-state index contributed by atoms with van der Waals surface area (Å²) in [6.45, 7) is 9.81. The Morgan fingerprint density at radius 1 is 0.526 bits per heavy atom. The predicted octanol–water partition coefficient (Wildman–Crippen LogP) is -2.96. The molecule has 18 nitrogen and oxygen atoms in total. The SMILES string of the molecule is O=C(O)CC(C(=O)O)N(CCN(CC(=O)O)CC(=O)O)CCN(CC(=O)O)CC(=O)O.[99Tc].[C-]#[O+].[C-]#[O+].[C-]#[O+]. The minimum atomic E-state index is -1.59. The second kappa shape index (κ2) is 28.1. The van der Waals surface area contributed by atoms with E-state index in [1.165, 1.54) is 0 Å². The van der Waals surface area contributed by atoms with Crippen molar-refractivity contribution in [2.24, 2.45) is 0 Å². The van der Waals surface area contributed by atoms with Gasteiger partial charge in [-0.3, -0.25) is 43.5 Å². The zero-order valence-corrected chi connectivity index (χ0v) is 21.4. The van der Waals surface area contributed by atoms with Crippen LogP contribution in [0.15, 0.2) is 0 Å². The van der Waals surface area contributed by atoms with Crippen molar-refractivity contribution in [3.8, 4) is 0 Å². The average Bonchev–Trinajstić information content (AvgIpc) is 2.79. The number of hydrogen-bond acceptors (Lipinski definition) is 9. The fourth-order valence-corrected chi connectivity index (χ4v) is 2.69. The Balaban J connectivity index is -0.000000481. The molecule has 213 valence electrons. The van der Waals surface area contributed by atoms with E-state index in [9.17, 15) is 33.9 Å². The Morgan fingerprint density at radius 2 is 0.789 bits per heavy atom. The van der Waals surface area contributed by atoms with Crippen molar-refractivity contribution >= 4 is 35.8 Å². The molecule has 0 saturated carbocycles. The molecule has 38 heavy (non-hydrogen) atoms. The molecule has 0 heterocycles. The van der Waals surface area contributed by atoms with Crippen LogP contribution in [0, 0.1) is 20.0 Å². The first-order chi connectivity index (χ1) is 17.3. The summed E-state index contributed by atoms with van der Waals surface area (Å²) in [7, 11) is 0. The van der Waals surface area contributed by atoms with Gasteiger partial charge in [0.2, 0.25) is 0 Å². The van der Waals surface area contributed by atoms with Crippen LogP contribution >= 0.6 is 0 Å². The molecule has 0 aromatic heterocycles. The zero-order chi connectivity index (χ0) is 30.1. The maximum absolute atomic E-state index is 11.6. The van der Waals surface area contributed by atoms with Crippen LogP contribution in [0.1, 0.15) is 6.42 Å². The predicted molar refractivity (Wildman–Crippen MR) is 110 cm³/mol. The van der Waals surface area contributed by atoms with Gasteiger partial charge in [-0.1, -0.05) is 0 Å². The van der Waals surface area contributed by atoms with E-state index in [4.69, 9.17) is 39.5 Å². The van der Waals surface area contributed by atoms with E-state index in [0.717, 1.165) is 14.7 Å². The first-order valence-electron chi connectivity index (χ1n) is 9.43. The van der Waals surface area contributed by atoms with Gasteiger partial charge in [0.15, 0.2) is 0 Å². The number of rotatable bonds is 18. The van der Waals surface area contributed by atoms with Crippen molar-refractivity contribution < 1.29 is 93.5 Å². The van der Waals surface area contributed by atoms with E-state index in [1.54, 1.807) is 0 Å². The molecule has 0 aliphatic rings. The first kappa shape index (κ1) is 44.6. The molecule has 0 aromatic carbocycles. The molecule has 0 aliphatic carbocycles. The van der Waals surface area contributed by atoms with Crippen molar-refractivity contribution in [3.05, 3.63) is 20.0 Å². The number of carbonyl (C=O) groups is 6. The van der Waals surface area contributed by atoms with E-state index in [2.05, 4.69) is 20.0 Å². The van der Waals surface area contributed by atoms with E-state index in [-0.39, 0.29) is 46.3 Å². The third-order valence-corrected chi connectivity index (χ3v) is 3.94. The Kier molecular flexibility index (Phi) is 33.0. The summed E-state index contributed by atoms with van der Waals surface area (Å²) in [5.41, 5.74) is 0. The molecule has 0 spiro atoms. The van der Waals surface area contributed by atoms with Gasteiger partial charge in [-0.15, -0.1) is 0 Å². The van der Waals surface area contributed by atoms with Gasteiger partial charge in [0.25, 0.3) is 0 Å². The van der Waals surface area contributed by atoms with Crippen molar-refractivity contribution in [1.29, 1.82) is 0 Å². The van der Waals surface area contributed by atoms with Gasteiger partial charge in [0.05, 0.1) is 32.6 Å². The topological polar surface area (TPSA) is 293 Å². The van der Waals surface area contributed by atoms with Gasteiger partial charge in [-0.05, 0) is 0 Å². The van der Waals surface area contributed by atoms with E-state index < -0.39 is 74.5 Å². The molecule has 0 rings (SSSR count). The summed E-state index contributed by atoms with van der Waals surface area (Å²) in [4.78, 5) is 69.3. The van der Waals surface area contributed by atoms with E-state index >= 15 is 0 Å². The third-order valence-electron chi connectivity index (χ3n) is 3.94. The van der Waals surface area contributed by atoms with Gasteiger partial charge in [-0.25, -0.2) is 0 Å². The fourth-order valence-electron chi connectivity index (χ4n) is 2.69. The molecule has 1 unspecified atom stereocenters.